The van der Waals surface area contributed by atoms with Crippen molar-refractivity contribution in [2.75, 3.05) is 5.01 Å². The number of nitro benzene ring substituents is 5. The molecule has 31 heavy (non-hydrogen) atoms. The van der Waals surface area contributed by atoms with Gasteiger partial charge in [-0.1, -0.05) is 18.2 Å². The Hall–Kier alpha value is -5.36. The van der Waals surface area contributed by atoms with Crippen molar-refractivity contribution in [1.82, 2.24) is 0 Å². The van der Waals surface area contributed by atoms with Crippen molar-refractivity contribution in [2.24, 2.45) is 0 Å². The molecule has 0 unspecified atom stereocenters. The van der Waals surface area contributed by atoms with Gasteiger partial charge in [0.25, 0.3) is 5.69 Å². The molecule has 19 heteroatoms. The van der Waals surface area contributed by atoms with Gasteiger partial charge in [-0.25, -0.2) is 10.1 Å². The highest BCUT2D eigenvalue weighted by Crippen LogP contribution is 2.56. The van der Waals surface area contributed by atoms with Gasteiger partial charge >= 0.3 is 28.4 Å². The van der Waals surface area contributed by atoms with Crippen LogP contribution in [-0.4, -0.2) is 29.6 Å². The fourth-order valence-electron chi connectivity index (χ4n) is 2.61. The summed E-state index contributed by atoms with van der Waals surface area (Å²) in [5.74, 6) is 0. The standard InChI is InChI=1S/C12H5N7O12/c20-14(21)8-7(13(19(30)31)6-4-2-1-3-5-6)9(15(22)23)11(17(26)27)12(18(28)29)10(8)16(24)25/h1-5H. The van der Waals surface area contributed by atoms with Gasteiger partial charge in [-0.05, 0) is 17.1 Å². The molecule has 0 saturated heterocycles. The summed E-state index contributed by atoms with van der Waals surface area (Å²) in [6, 6.07) is 5.45. The van der Waals surface area contributed by atoms with Crippen molar-refractivity contribution >= 4 is 39.8 Å². The Morgan fingerprint density at radius 1 is 0.516 bits per heavy atom. The molecule has 0 atom stereocenters. The molecule has 2 aromatic carbocycles. The highest BCUT2D eigenvalue weighted by Gasteiger charge is 2.58. The molecule has 2 rings (SSSR count). The summed E-state index contributed by atoms with van der Waals surface area (Å²) in [7, 11) is 0. The van der Waals surface area contributed by atoms with Crippen molar-refractivity contribution in [2.45, 2.75) is 0 Å². The number of anilines is 2. The van der Waals surface area contributed by atoms with Crippen LogP contribution >= 0.6 is 0 Å². The minimum absolute atomic E-state index is 0.375. The van der Waals surface area contributed by atoms with Crippen LogP contribution in [0.15, 0.2) is 30.3 Å². The number of nitro groups is 6. The molecule has 0 amide bonds. The molecule has 19 nitrogen and oxygen atoms in total. The molecule has 2 aromatic rings. The molecular formula is C12H5N7O12. The lowest BCUT2D eigenvalue weighted by molar-refractivity contribution is -0.489. The number of benzene rings is 2. The normalized spacial score (nSPS) is 10.2. The minimum Gasteiger partial charge on any atom is -0.258 e. The second-order valence-corrected chi connectivity index (χ2v) is 5.26. The van der Waals surface area contributed by atoms with Crippen molar-refractivity contribution < 1.29 is 29.6 Å². The maximum absolute atomic E-state index is 11.6. The first kappa shape index (κ1) is 21.9. The molecule has 0 spiro atoms. The van der Waals surface area contributed by atoms with Crippen LogP contribution in [0.4, 0.5) is 39.8 Å². The topological polar surface area (TPSA) is 262 Å². The van der Waals surface area contributed by atoms with Crippen molar-refractivity contribution in [3.05, 3.63) is 91.0 Å². The van der Waals surface area contributed by atoms with Gasteiger partial charge in [-0.15, -0.1) is 0 Å². The molecular weight excluding hydrogens is 434 g/mol. The molecule has 0 aliphatic rings. The van der Waals surface area contributed by atoms with Gasteiger partial charge in [-0.3, -0.25) is 50.6 Å². The zero-order valence-electron chi connectivity index (χ0n) is 14.4. The van der Waals surface area contributed by atoms with Crippen LogP contribution in [0.2, 0.25) is 0 Å². The van der Waals surface area contributed by atoms with Gasteiger partial charge in [0.1, 0.15) is 5.69 Å². The zero-order chi connectivity index (χ0) is 23.6. The third-order valence-corrected chi connectivity index (χ3v) is 3.63. The third-order valence-electron chi connectivity index (χ3n) is 3.63. The lowest BCUT2D eigenvalue weighted by Crippen LogP contribution is -2.27. The Morgan fingerprint density at radius 2 is 0.839 bits per heavy atom. The van der Waals surface area contributed by atoms with E-state index in [0.29, 0.717) is 0 Å². The van der Waals surface area contributed by atoms with E-state index in [1.54, 1.807) is 0 Å². The maximum atomic E-state index is 11.6. The Bertz CT molecular complexity index is 1110. The number of nitrogens with zero attached hydrogens (tertiary/aromatic N) is 7. The predicted octanol–water partition coefficient (Wildman–Crippen LogP) is 2.56. The summed E-state index contributed by atoms with van der Waals surface area (Å²) in [5.41, 5.74) is -13.0. The smallest absolute Gasteiger partial charge is 0.258 e. The Morgan fingerprint density at radius 3 is 1.13 bits per heavy atom. The van der Waals surface area contributed by atoms with E-state index in [0.717, 1.165) is 24.3 Å². The van der Waals surface area contributed by atoms with Crippen molar-refractivity contribution in [3.63, 3.8) is 0 Å². The predicted molar refractivity (Wildman–Crippen MR) is 95.3 cm³/mol. The van der Waals surface area contributed by atoms with Crippen LogP contribution in [0, 0.1) is 60.7 Å². The number of hydrazine groups is 1. The van der Waals surface area contributed by atoms with E-state index >= 15 is 0 Å². The number of para-hydroxylation sites is 1. The SMILES string of the molecule is O=[N+]([O-])c1c(N(c2ccccc2)[N+](=O)[O-])c([N+](=O)[O-])c([N+](=O)[O-])c([N+](=O)[O-])c1[N+](=O)[O-]. The molecule has 0 bridgehead atoms. The fourth-order valence-corrected chi connectivity index (χ4v) is 2.61. The van der Waals surface area contributed by atoms with Gasteiger partial charge in [0.05, 0.1) is 24.6 Å². The first-order valence-electron chi connectivity index (χ1n) is 7.37. The Kier molecular flexibility index (Phi) is 5.62. The van der Waals surface area contributed by atoms with E-state index in [2.05, 4.69) is 0 Å². The summed E-state index contributed by atoms with van der Waals surface area (Å²) in [5, 5.41) is 67.0. The van der Waals surface area contributed by atoms with Gasteiger partial charge in [0.15, 0.2) is 5.03 Å². The van der Waals surface area contributed by atoms with E-state index in [-0.39, 0.29) is 5.01 Å². The van der Waals surface area contributed by atoms with E-state index in [9.17, 15) is 60.7 Å². The van der Waals surface area contributed by atoms with E-state index < -0.39 is 69.5 Å². The molecule has 0 aliphatic heterocycles. The van der Waals surface area contributed by atoms with Crippen molar-refractivity contribution in [1.29, 1.82) is 0 Å². The maximum Gasteiger partial charge on any atom is 0.437 e. The molecule has 0 fully saturated rings. The molecule has 0 radical (unpaired) electrons. The Labute approximate surface area is 166 Å². The fraction of sp³-hybridized carbons (Fsp3) is 0. The number of hydrogen-bond donors (Lipinski definition) is 0. The molecule has 160 valence electrons. The van der Waals surface area contributed by atoms with E-state index in [1.165, 1.54) is 6.07 Å². The molecule has 0 aromatic heterocycles. The monoisotopic (exact) mass is 439 g/mol. The van der Waals surface area contributed by atoms with Crippen LogP contribution in [-0.2, 0) is 0 Å². The first-order valence-corrected chi connectivity index (χ1v) is 7.37. The second-order valence-electron chi connectivity index (χ2n) is 5.26. The van der Waals surface area contributed by atoms with Gasteiger partial charge in [0, 0.05) is 0 Å². The molecule has 0 aliphatic carbocycles. The largest absolute Gasteiger partial charge is 0.437 e. The van der Waals surface area contributed by atoms with E-state index in [4.69, 9.17) is 0 Å². The number of rotatable bonds is 8. The van der Waals surface area contributed by atoms with Gasteiger partial charge < -0.3 is 0 Å². The Balaban J connectivity index is 3.34. The zero-order valence-corrected chi connectivity index (χ0v) is 14.4. The van der Waals surface area contributed by atoms with Crippen LogP contribution in [0.5, 0.6) is 0 Å². The molecule has 0 N–H and O–H groups in total. The third kappa shape index (κ3) is 3.67. The van der Waals surface area contributed by atoms with Gasteiger partial charge in [0.2, 0.25) is 0 Å². The number of hydrogen-bond acceptors (Lipinski definition) is 12. The minimum atomic E-state index is -2.17. The van der Waals surface area contributed by atoms with Crippen molar-refractivity contribution in [3.8, 4) is 0 Å². The summed E-state index contributed by atoms with van der Waals surface area (Å²) in [6.45, 7) is 0. The molecule has 0 saturated carbocycles. The van der Waals surface area contributed by atoms with Crippen LogP contribution in [0.3, 0.4) is 0 Å². The van der Waals surface area contributed by atoms with Gasteiger partial charge in [-0.2, -0.15) is 0 Å². The average molecular weight is 439 g/mol. The summed E-state index contributed by atoms with van der Waals surface area (Å²) >= 11 is 0. The lowest BCUT2D eigenvalue weighted by Gasteiger charge is -2.14. The molecule has 0 heterocycles. The quantitative estimate of drug-likeness (QED) is 0.423. The summed E-state index contributed by atoms with van der Waals surface area (Å²) in [4.78, 5) is 60.1. The summed E-state index contributed by atoms with van der Waals surface area (Å²) in [6.07, 6.45) is 0. The van der Waals surface area contributed by atoms with E-state index in [1.807, 2.05) is 0 Å². The highest BCUT2D eigenvalue weighted by molar-refractivity contribution is 5.96. The average Bonchev–Trinajstić information content (AvgIpc) is 2.66. The van der Waals surface area contributed by atoms with Crippen LogP contribution < -0.4 is 5.01 Å². The first-order chi connectivity index (χ1) is 14.4. The van der Waals surface area contributed by atoms with Crippen LogP contribution in [0.25, 0.3) is 0 Å². The summed E-state index contributed by atoms with van der Waals surface area (Å²) < 4.78 is 0. The highest BCUT2D eigenvalue weighted by atomic mass is 16.7. The van der Waals surface area contributed by atoms with Crippen LogP contribution in [0.1, 0.15) is 0 Å². The lowest BCUT2D eigenvalue weighted by atomic mass is 10.1. The second kappa shape index (κ2) is 7.94.